The molecule has 1 rings (SSSR count). The lowest BCUT2D eigenvalue weighted by atomic mass is 10.2. The highest BCUT2D eigenvalue weighted by Gasteiger charge is 2.20. The van der Waals surface area contributed by atoms with Crippen molar-refractivity contribution in [2.24, 2.45) is 0 Å². The lowest BCUT2D eigenvalue weighted by Gasteiger charge is -2.24. The van der Waals surface area contributed by atoms with Gasteiger partial charge in [-0.05, 0) is 19.8 Å². The molecule has 1 heterocycles. The molecule has 0 radical (unpaired) electrons. The van der Waals surface area contributed by atoms with Crippen molar-refractivity contribution in [1.82, 2.24) is 10.2 Å². The monoisotopic (exact) mass is 278 g/mol. The minimum Gasteiger partial charge on any atom is -0.374 e. The molecule has 6 heteroatoms. The van der Waals surface area contributed by atoms with Crippen LogP contribution in [-0.4, -0.2) is 56.1 Å². The van der Waals surface area contributed by atoms with Crippen LogP contribution in [0.15, 0.2) is 0 Å². The number of ether oxygens (including phenoxy) is 1. The normalized spacial score (nSPS) is 18.4. The van der Waals surface area contributed by atoms with Crippen LogP contribution in [0.25, 0.3) is 0 Å². The maximum absolute atomic E-state index is 12.1. The number of nitrogens with zero attached hydrogens (tertiary/aromatic N) is 1. The standard InChI is InChI=1S/C13H24F2N2O2/c1-11(16-6-9-19-10-12(14)15)13(18)17-7-4-2-3-5-8-17/h11-12,16H,2-10H2,1H3. The molecule has 19 heavy (non-hydrogen) atoms. The topological polar surface area (TPSA) is 41.6 Å². The summed E-state index contributed by atoms with van der Waals surface area (Å²) in [7, 11) is 0. The van der Waals surface area contributed by atoms with Gasteiger partial charge in [0.05, 0.1) is 12.6 Å². The SMILES string of the molecule is CC(NCCOCC(F)F)C(=O)N1CCCCCC1. The van der Waals surface area contributed by atoms with Gasteiger partial charge in [0.1, 0.15) is 6.61 Å². The van der Waals surface area contributed by atoms with Crippen LogP contribution in [0.3, 0.4) is 0 Å². The summed E-state index contributed by atoms with van der Waals surface area (Å²) in [6, 6.07) is -0.284. The summed E-state index contributed by atoms with van der Waals surface area (Å²) in [5.41, 5.74) is 0. The van der Waals surface area contributed by atoms with Crippen LogP contribution in [0, 0.1) is 0 Å². The fourth-order valence-electron chi connectivity index (χ4n) is 2.17. The molecule has 0 saturated carbocycles. The summed E-state index contributed by atoms with van der Waals surface area (Å²) < 4.78 is 28.4. The molecule has 0 spiro atoms. The average molecular weight is 278 g/mol. The number of carbonyl (C=O) groups excluding carboxylic acids is 1. The number of likely N-dealkylation sites (tertiary alicyclic amines) is 1. The Balaban J connectivity index is 2.16. The number of hydrogen-bond acceptors (Lipinski definition) is 3. The Bertz CT molecular complexity index is 257. The van der Waals surface area contributed by atoms with E-state index in [9.17, 15) is 13.6 Å². The second-order valence-corrected chi connectivity index (χ2v) is 4.88. The fraction of sp³-hybridized carbons (Fsp3) is 0.923. The van der Waals surface area contributed by atoms with E-state index in [0.717, 1.165) is 25.9 Å². The number of rotatable bonds is 7. The summed E-state index contributed by atoms with van der Waals surface area (Å²) in [5.74, 6) is 0.0933. The molecule has 1 unspecified atom stereocenters. The maximum Gasteiger partial charge on any atom is 0.261 e. The van der Waals surface area contributed by atoms with Gasteiger partial charge in [-0.15, -0.1) is 0 Å². The van der Waals surface area contributed by atoms with E-state index in [4.69, 9.17) is 4.74 Å². The molecule has 0 aliphatic carbocycles. The van der Waals surface area contributed by atoms with E-state index in [0.29, 0.717) is 6.54 Å². The van der Waals surface area contributed by atoms with Crippen LogP contribution < -0.4 is 5.32 Å². The first kappa shape index (κ1) is 16.3. The Kier molecular flexibility index (Phi) is 7.90. The first-order valence-electron chi connectivity index (χ1n) is 6.99. The third kappa shape index (κ3) is 6.82. The van der Waals surface area contributed by atoms with Crippen LogP contribution in [0.4, 0.5) is 8.78 Å². The molecule has 4 nitrogen and oxygen atoms in total. The largest absolute Gasteiger partial charge is 0.374 e. The van der Waals surface area contributed by atoms with E-state index >= 15 is 0 Å². The first-order valence-corrected chi connectivity index (χ1v) is 6.99. The lowest BCUT2D eigenvalue weighted by Crippen LogP contribution is -2.46. The number of hydrogen-bond donors (Lipinski definition) is 1. The number of carbonyl (C=O) groups is 1. The Hall–Kier alpha value is -0.750. The second-order valence-electron chi connectivity index (χ2n) is 4.88. The molecule has 112 valence electrons. The molecular formula is C13H24F2N2O2. The molecule has 0 aromatic carbocycles. The summed E-state index contributed by atoms with van der Waals surface area (Å²) in [4.78, 5) is 14.0. The molecule has 1 amide bonds. The van der Waals surface area contributed by atoms with Crippen LogP contribution in [0.1, 0.15) is 32.6 Å². The van der Waals surface area contributed by atoms with E-state index < -0.39 is 13.0 Å². The molecule has 1 aliphatic heterocycles. The van der Waals surface area contributed by atoms with Crippen molar-refractivity contribution < 1.29 is 18.3 Å². The third-order valence-corrected chi connectivity index (χ3v) is 3.23. The van der Waals surface area contributed by atoms with E-state index in [2.05, 4.69) is 5.32 Å². The van der Waals surface area contributed by atoms with Crippen molar-refractivity contribution in [2.75, 3.05) is 32.8 Å². The number of alkyl halides is 2. The first-order chi connectivity index (χ1) is 9.11. The summed E-state index contributed by atoms with van der Waals surface area (Å²) in [6.07, 6.45) is 2.07. The second kappa shape index (κ2) is 9.20. The van der Waals surface area contributed by atoms with Crippen LogP contribution in [-0.2, 0) is 9.53 Å². The molecule has 1 fully saturated rings. The summed E-state index contributed by atoms with van der Waals surface area (Å²) in [6.45, 7) is 3.52. The quantitative estimate of drug-likeness (QED) is 0.720. The summed E-state index contributed by atoms with van der Waals surface area (Å²) >= 11 is 0. The summed E-state index contributed by atoms with van der Waals surface area (Å²) in [5, 5.41) is 3.01. The average Bonchev–Trinajstić information content (AvgIpc) is 2.65. The fourth-order valence-corrected chi connectivity index (χ4v) is 2.17. The van der Waals surface area contributed by atoms with Crippen molar-refractivity contribution in [3.8, 4) is 0 Å². The molecule has 1 saturated heterocycles. The molecule has 1 N–H and O–H groups in total. The number of nitrogens with one attached hydrogen (secondary N) is 1. The predicted octanol–water partition coefficient (Wildman–Crippen LogP) is 1.65. The molecule has 1 aliphatic rings. The highest BCUT2D eigenvalue weighted by molar-refractivity contribution is 5.81. The van der Waals surface area contributed by atoms with Crippen LogP contribution in [0.2, 0.25) is 0 Å². The van der Waals surface area contributed by atoms with Crippen molar-refractivity contribution in [1.29, 1.82) is 0 Å². The van der Waals surface area contributed by atoms with Gasteiger partial charge in [0, 0.05) is 19.6 Å². The Morgan fingerprint density at radius 1 is 1.26 bits per heavy atom. The van der Waals surface area contributed by atoms with E-state index in [1.807, 2.05) is 4.90 Å². The highest BCUT2D eigenvalue weighted by atomic mass is 19.3. The van der Waals surface area contributed by atoms with Gasteiger partial charge in [0.2, 0.25) is 5.91 Å². The van der Waals surface area contributed by atoms with Crippen LogP contribution >= 0.6 is 0 Å². The number of amides is 1. The zero-order valence-corrected chi connectivity index (χ0v) is 11.5. The van der Waals surface area contributed by atoms with Gasteiger partial charge < -0.3 is 15.0 Å². The Morgan fingerprint density at radius 3 is 2.47 bits per heavy atom. The third-order valence-electron chi connectivity index (χ3n) is 3.23. The predicted molar refractivity (Wildman–Crippen MR) is 69.3 cm³/mol. The zero-order chi connectivity index (χ0) is 14.1. The molecular weight excluding hydrogens is 254 g/mol. The molecule has 1 atom stereocenters. The van der Waals surface area contributed by atoms with E-state index in [-0.39, 0.29) is 18.6 Å². The van der Waals surface area contributed by atoms with Crippen molar-refractivity contribution in [2.45, 2.75) is 45.1 Å². The van der Waals surface area contributed by atoms with Gasteiger partial charge in [-0.2, -0.15) is 0 Å². The maximum atomic E-state index is 12.1. The van der Waals surface area contributed by atoms with Gasteiger partial charge in [-0.3, -0.25) is 4.79 Å². The van der Waals surface area contributed by atoms with Gasteiger partial charge in [-0.25, -0.2) is 8.78 Å². The zero-order valence-electron chi connectivity index (χ0n) is 11.5. The van der Waals surface area contributed by atoms with Gasteiger partial charge in [-0.1, -0.05) is 12.8 Å². The van der Waals surface area contributed by atoms with Crippen LogP contribution in [0.5, 0.6) is 0 Å². The van der Waals surface area contributed by atoms with E-state index in [1.54, 1.807) is 6.92 Å². The Labute approximate surface area is 113 Å². The van der Waals surface area contributed by atoms with Gasteiger partial charge in [0.15, 0.2) is 0 Å². The molecule has 0 aromatic heterocycles. The molecule has 0 aromatic rings. The lowest BCUT2D eigenvalue weighted by molar-refractivity contribution is -0.133. The smallest absolute Gasteiger partial charge is 0.261 e. The van der Waals surface area contributed by atoms with Crippen molar-refractivity contribution in [3.63, 3.8) is 0 Å². The molecule has 0 bridgehead atoms. The van der Waals surface area contributed by atoms with Crippen molar-refractivity contribution >= 4 is 5.91 Å². The highest BCUT2D eigenvalue weighted by Crippen LogP contribution is 2.10. The van der Waals surface area contributed by atoms with Gasteiger partial charge >= 0.3 is 0 Å². The van der Waals surface area contributed by atoms with Gasteiger partial charge in [0.25, 0.3) is 6.43 Å². The number of halogens is 2. The Morgan fingerprint density at radius 2 is 1.89 bits per heavy atom. The minimum absolute atomic E-state index is 0.0933. The minimum atomic E-state index is -2.43. The van der Waals surface area contributed by atoms with E-state index in [1.165, 1.54) is 12.8 Å². The van der Waals surface area contributed by atoms with Crippen molar-refractivity contribution in [3.05, 3.63) is 0 Å².